The van der Waals surface area contributed by atoms with Gasteiger partial charge in [-0.1, -0.05) is 110 Å². The van der Waals surface area contributed by atoms with Gasteiger partial charge in [0.1, 0.15) is 5.94 Å². The van der Waals surface area contributed by atoms with Gasteiger partial charge in [0.25, 0.3) is 0 Å². The largest absolute Gasteiger partial charge is 0.234 e. The minimum Gasteiger partial charge on any atom is -0.234 e. The molecule has 0 aliphatic heterocycles. The first-order valence-electron chi connectivity index (χ1n) is 10.1. The molecule has 0 spiro atoms. The van der Waals surface area contributed by atoms with E-state index in [4.69, 9.17) is 0 Å². The molecule has 22 heavy (non-hydrogen) atoms. The van der Waals surface area contributed by atoms with Crippen LogP contribution in [0.5, 0.6) is 0 Å². The van der Waals surface area contributed by atoms with Crippen LogP contribution >= 0.6 is 0 Å². The normalized spacial score (nSPS) is 10.6. The van der Waals surface area contributed by atoms with E-state index in [-0.39, 0.29) is 0 Å². The van der Waals surface area contributed by atoms with E-state index in [1.165, 1.54) is 103 Å². The van der Waals surface area contributed by atoms with Crippen molar-refractivity contribution in [3.8, 4) is 0 Å². The summed E-state index contributed by atoms with van der Waals surface area (Å²) in [5.74, 6) is 1.85. The van der Waals surface area contributed by atoms with Crippen molar-refractivity contribution in [2.24, 2.45) is 0 Å². The number of hydrogen-bond acceptors (Lipinski definition) is 1. The molecule has 1 nitrogen and oxygen atoms in total. The van der Waals surface area contributed by atoms with Gasteiger partial charge < -0.3 is 0 Å². The molecule has 0 aliphatic rings. The Balaban J connectivity index is 2.95. The van der Waals surface area contributed by atoms with Crippen LogP contribution in [-0.2, 0) is 4.79 Å². The van der Waals surface area contributed by atoms with E-state index in [2.05, 4.69) is 6.92 Å². The van der Waals surface area contributed by atoms with Gasteiger partial charge in [0, 0.05) is 0 Å². The molecule has 0 amide bonds. The molecule has 130 valence electrons. The maximum Gasteiger partial charge on any atom is 0.120 e. The molecule has 0 bridgehead atoms. The first-order valence-corrected chi connectivity index (χ1v) is 10.1. The Bertz CT molecular complexity index is 240. The second-order valence-electron chi connectivity index (χ2n) is 6.77. The lowest BCUT2D eigenvalue weighted by atomic mass is 10.0. The molecule has 0 saturated carbocycles. The molecule has 1 heteroatoms. The van der Waals surface area contributed by atoms with Crippen molar-refractivity contribution in [3.05, 3.63) is 6.08 Å². The van der Waals surface area contributed by atoms with E-state index in [0.717, 1.165) is 12.8 Å². The van der Waals surface area contributed by atoms with Gasteiger partial charge in [-0.2, -0.15) is 0 Å². The fourth-order valence-corrected chi connectivity index (χ4v) is 3.03. The summed E-state index contributed by atoms with van der Waals surface area (Å²) in [6, 6.07) is 0. The Labute approximate surface area is 140 Å². The molecule has 0 aromatic rings. The molecule has 0 radical (unpaired) electrons. The summed E-state index contributed by atoms with van der Waals surface area (Å²) in [7, 11) is 0. The molecule has 0 heterocycles. The van der Waals surface area contributed by atoms with Crippen molar-refractivity contribution in [1.82, 2.24) is 0 Å². The summed E-state index contributed by atoms with van der Waals surface area (Å²) < 4.78 is 0. The van der Waals surface area contributed by atoms with E-state index >= 15 is 0 Å². The third-order valence-corrected chi connectivity index (χ3v) is 4.54. The number of carbonyl (C=O) groups excluding carboxylic acids is 1. The summed E-state index contributed by atoms with van der Waals surface area (Å²) >= 11 is 0. The Kier molecular flexibility index (Phi) is 19.9. The van der Waals surface area contributed by atoms with Gasteiger partial charge in [0.2, 0.25) is 0 Å². The van der Waals surface area contributed by atoms with Gasteiger partial charge in [-0.15, -0.1) is 0 Å². The van der Waals surface area contributed by atoms with Gasteiger partial charge in [-0.3, -0.25) is 0 Å². The van der Waals surface area contributed by atoms with Crippen LogP contribution in [0.3, 0.4) is 0 Å². The first kappa shape index (κ1) is 21.4. The lowest BCUT2D eigenvalue weighted by Crippen LogP contribution is -1.83. The fraction of sp³-hybridized carbons (Fsp3) is 0.905. The van der Waals surface area contributed by atoms with Crippen molar-refractivity contribution in [2.45, 2.75) is 122 Å². The summed E-state index contributed by atoms with van der Waals surface area (Å²) in [4.78, 5) is 10.00. The molecule has 0 rings (SSSR count). The number of rotatable bonds is 18. The Morgan fingerprint density at radius 3 is 1.18 bits per heavy atom. The van der Waals surface area contributed by atoms with Crippen LogP contribution in [0.2, 0.25) is 0 Å². The molecule has 0 aliphatic carbocycles. The van der Waals surface area contributed by atoms with Crippen molar-refractivity contribution >= 4 is 5.94 Å². The molecule has 0 atom stereocenters. The van der Waals surface area contributed by atoms with Crippen LogP contribution in [0.1, 0.15) is 122 Å². The van der Waals surface area contributed by atoms with Crippen molar-refractivity contribution in [3.63, 3.8) is 0 Å². The topological polar surface area (TPSA) is 17.1 Å². The van der Waals surface area contributed by atoms with Crippen LogP contribution < -0.4 is 0 Å². The highest BCUT2D eigenvalue weighted by Crippen LogP contribution is 2.14. The smallest absolute Gasteiger partial charge is 0.120 e. The number of unbranched alkanes of at least 4 members (excludes halogenated alkanes) is 17. The molecule has 0 aromatic carbocycles. The van der Waals surface area contributed by atoms with Gasteiger partial charge in [-0.05, 0) is 18.9 Å². The Morgan fingerprint density at radius 1 is 0.545 bits per heavy atom. The average Bonchev–Trinajstić information content (AvgIpc) is 2.54. The monoisotopic (exact) mass is 308 g/mol. The van der Waals surface area contributed by atoms with E-state index < -0.39 is 0 Å². The SMILES string of the molecule is CCCCCCCCCCCCCCCCCCCC=C=O. The van der Waals surface area contributed by atoms with Crippen LogP contribution in [0.25, 0.3) is 0 Å². The van der Waals surface area contributed by atoms with Gasteiger partial charge >= 0.3 is 0 Å². The van der Waals surface area contributed by atoms with Crippen molar-refractivity contribution in [1.29, 1.82) is 0 Å². The average molecular weight is 309 g/mol. The van der Waals surface area contributed by atoms with Crippen LogP contribution in [0, 0.1) is 0 Å². The summed E-state index contributed by atoms with van der Waals surface area (Å²) in [6.07, 6.45) is 26.4. The third-order valence-electron chi connectivity index (χ3n) is 4.54. The van der Waals surface area contributed by atoms with E-state index in [1.54, 1.807) is 6.08 Å². The van der Waals surface area contributed by atoms with E-state index in [9.17, 15) is 4.79 Å². The van der Waals surface area contributed by atoms with Gasteiger partial charge in [0.05, 0.1) is 0 Å². The Hall–Kier alpha value is -0.550. The van der Waals surface area contributed by atoms with Crippen LogP contribution in [-0.4, -0.2) is 5.94 Å². The molecule has 0 unspecified atom stereocenters. The molecule has 0 fully saturated rings. The molecule has 0 N–H and O–H groups in total. The second kappa shape index (κ2) is 20.5. The lowest BCUT2D eigenvalue weighted by molar-refractivity contribution is 0.527. The predicted octanol–water partition coefficient (Wildman–Crippen LogP) is 7.42. The number of hydrogen-bond donors (Lipinski definition) is 0. The fourth-order valence-electron chi connectivity index (χ4n) is 3.03. The quantitative estimate of drug-likeness (QED) is 0.190. The predicted molar refractivity (Wildman–Crippen MR) is 99.0 cm³/mol. The third kappa shape index (κ3) is 19.4. The maximum atomic E-state index is 10.00. The first-order chi connectivity index (χ1) is 10.9. The minimum absolute atomic E-state index is 0.919. The highest BCUT2D eigenvalue weighted by molar-refractivity contribution is 5.44. The van der Waals surface area contributed by atoms with Crippen molar-refractivity contribution < 1.29 is 4.79 Å². The summed E-state index contributed by atoms with van der Waals surface area (Å²) in [6.45, 7) is 2.29. The second-order valence-corrected chi connectivity index (χ2v) is 6.77. The molecular weight excluding hydrogens is 268 g/mol. The molecule has 0 saturated heterocycles. The van der Waals surface area contributed by atoms with Gasteiger partial charge in [-0.25, -0.2) is 4.79 Å². The van der Waals surface area contributed by atoms with E-state index in [1.807, 2.05) is 5.94 Å². The number of allylic oxidation sites excluding steroid dienone is 1. The highest BCUT2D eigenvalue weighted by Gasteiger charge is 1.94. The zero-order valence-electron chi connectivity index (χ0n) is 15.2. The summed E-state index contributed by atoms with van der Waals surface area (Å²) in [5.41, 5.74) is 0. The van der Waals surface area contributed by atoms with Gasteiger partial charge in [0.15, 0.2) is 0 Å². The molecule has 0 aromatic heterocycles. The highest BCUT2D eigenvalue weighted by atomic mass is 16.1. The standard InChI is InChI=1S/C21H40O/c1-2-3-4-5-6-7-8-9-10-11-12-13-14-15-16-17-18-19-20-21-22/h20H,2-19H2,1H3. The van der Waals surface area contributed by atoms with Crippen molar-refractivity contribution in [2.75, 3.05) is 0 Å². The minimum atomic E-state index is 0.919. The maximum absolute atomic E-state index is 10.00. The molecular formula is C21H40O. The summed E-state index contributed by atoms with van der Waals surface area (Å²) in [5, 5.41) is 0. The van der Waals surface area contributed by atoms with Crippen LogP contribution in [0.15, 0.2) is 6.08 Å². The Morgan fingerprint density at radius 2 is 0.864 bits per heavy atom. The lowest BCUT2D eigenvalue weighted by Gasteiger charge is -2.03. The van der Waals surface area contributed by atoms with E-state index in [0.29, 0.717) is 0 Å². The van der Waals surface area contributed by atoms with Crippen LogP contribution in [0.4, 0.5) is 0 Å². The zero-order valence-corrected chi connectivity index (χ0v) is 15.2. The zero-order chi connectivity index (χ0) is 16.1.